The first kappa shape index (κ1) is 15.0. The van der Waals surface area contributed by atoms with Crippen molar-refractivity contribution in [1.29, 1.82) is 0 Å². The molecule has 0 spiro atoms. The molecule has 98 valence electrons. The van der Waals surface area contributed by atoms with Crippen LogP contribution in [-0.4, -0.2) is 21.1 Å². The van der Waals surface area contributed by atoms with Gasteiger partial charge in [0.15, 0.2) is 5.16 Å². The summed E-state index contributed by atoms with van der Waals surface area (Å²) >= 11 is 6.45. The van der Waals surface area contributed by atoms with Gasteiger partial charge < -0.3 is 4.57 Å². The number of imidazole rings is 1. The average molecular weight is 272 g/mol. The third kappa shape index (κ3) is 4.25. The van der Waals surface area contributed by atoms with Crippen LogP contribution in [0.25, 0.3) is 0 Å². The van der Waals surface area contributed by atoms with Gasteiger partial charge in [0.25, 0.3) is 0 Å². The van der Waals surface area contributed by atoms with E-state index in [0.29, 0.717) is 5.41 Å². The van der Waals surface area contributed by atoms with E-state index in [1.807, 2.05) is 24.2 Å². The molecule has 4 heteroatoms. The van der Waals surface area contributed by atoms with Gasteiger partial charge in [-0.3, -0.25) is 0 Å². The molecule has 1 aromatic rings. The topological polar surface area (TPSA) is 17.8 Å². The van der Waals surface area contributed by atoms with E-state index in [-0.39, 0.29) is 0 Å². The first-order chi connectivity index (χ1) is 8.17. The van der Waals surface area contributed by atoms with E-state index in [0.717, 1.165) is 16.7 Å². The molecule has 1 aromatic heterocycles. The Labute approximate surface area is 115 Å². The molecule has 0 unspecified atom stereocenters. The van der Waals surface area contributed by atoms with Crippen LogP contribution in [0.2, 0.25) is 0 Å². The minimum atomic E-state index is 0.378. The lowest BCUT2D eigenvalue weighted by Crippen LogP contribution is -2.26. The van der Waals surface area contributed by atoms with Crippen LogP contribution < -0.4 is 0 Å². The molecular weight excluding hydrogens is 248 g/mol. The average Bonchev–Trinajstić information content (AvgIpc) is 2.72. The number of aromatic nitrogens is 2. The third-order valence-electron chi connectivity index (χ3n) is 3.18. The van der Waals surface area contributed by atoms with E-state index in [9.17, 15) is 0 Å². The molecule has 0 fully saturated rings. The maximum atomic E-state index is 4.59. The summed E-state index contributed by atoms with van der Waals surface area (Å²) in [7, 11) is 2.05. The molecule has 0 saturated heterocycles. The van der Waals surface area contributed by atoms with Crippen LogP contribution in [-0.2, 0) is 7.05 Å². The molecular formula is C13H24N2S2. The highest BCUT2D eigenvalue weighted by atomic mass is 32.2. The minimum absolute atomic E-state index is 0.378. The molecule has 0 aliphatic heterocycles. The highest BCUT2D eigenvalue weighted by molar-refractivity contribution is 7.99. The van der Waals surface area contributed by atoms with Crippen molar-refractivity contribution in [3.63, 3.8) is 0 Å². The van der Waals surface area contributed by atoms with Crippen LogP contribution in [0.3, 0.4) is 0 Å². The second kappa shape index (κ2) is 7.37. The number of thiol groups is 1. The summed E-state index contributed by atoms with van der Waals surface area (Å²) in [6.07, 6.45) is 8.88. The quantitative estimate of drug-likeness (QED) is 0.569. The zero-order chi connectivity index (χ0) is 12.7. The zero-order valence-electron chi connectivity index (χ0n) is 11.1. The number of aryl methyl sites for hydroxylation is 1. The highest BCUT2D eigenvalue weighted by Crippen LogP contribution is 2.36. The van der Waals surface area contributed by atoms with Crippen molar-refractivity contribution in [3.8, 4) is 0 Å². The summed E-state index contributed by atoms with van der Waals surface area (Å²) in [6.45, 7) is 4.53. The van der Waals surface area contributed by atoms with Crippen molar-refractivity contribution < 1.29 is 0 Å². The molecule has 17 heavy (non-hydrogen) atoms. The second-order valence-corrected chi connectivity index (χ2v) is 6.03. The molecule has 1 heterocycles. The number of nitrogens with zero attached hydrogens (tertiary/aromatic N) is 2. The van der Waals surface area contributed by atoms with E-state index in [1.165, 1.54) is 25.7 Å². The predicted molar refractivity (Wildman–Crippen MR) is 80.0 cm³/mol. The Morgan fingerprint density at radius 2 is 2.00 bits per heavy atom. The molecule has 0 atom stereocenters. The smallest absolute Gasteiger partial charge is 0.167 e. The van der Waals surface area contributed by atoms with Gasteiger partial charge >= 0.3 is 0 Å². The molecule has 0 saturated carbocycles. The molecule has 0 aliphatic rings. The van der Waals surface area contributed by atoms with Crippen LogP contribution >= 0.6 is 24.4 Å². The SMILES string of the molecule is CCCC(CS)(CCC)CSc1nccn1C. The number of rotatable bonds is 8. The van der Waals surface area contributed by atoms with E-state index < -0.39 is 0 Å². The van der Waals surface area contributed by atoms with Crippen LogP contribution in [0.4, 0.5) is 0 Å². The van der Waals surface area contributed by atoms with Gasteiger partial charge in [0.1, 0.15) is 0 Å². The Hall–Kier alpha value is -0.0900. The van der Waals surface area contributed by atoms with Crippen LogP contribution in [0.15, 0.2) is 17.6 Å². The van der Waals surface area contributed by atoms with Gasteiger partial charge in [0.2, 0.25) is 0 Å². The molecule has 0 N–H and O–H groups in total. The first-order valence-electron chi connectivity index (χ1n) is 6.38. The molecule has 0 radical (unpaired) electrons. The fourth-order valence-electron chi connectivity index (χ4n) is 2.24. The summed E-state index contributed by atoms with van der Waals surface area (Å²) in [5.41, 5.74) is 0.378. The van der Waals surface area contributed by atoms with Gasteiger partial charge in [-0.25, -0.2) is 4.98 Å². The number of hydrogen-bond acceptors (Lipinski definition) is 3. The third-order valence-corrected chi connectivity index (χ3v) is 5.26. The van der Waals surface area contributed by atoms with Crippen molar-refractivity contribution >= 4 is 24.4 Å². The number of thioether (sulfide) groups is 1. The van der Waals surface area contributed by atoms with E-state index in [4.69, 9.17) is 0 Å². The Bertz CT molecular complexity index is 317. The largest absolute Gasteiger partial charge is 0.329 e. The van der Waals surface area contributed by atoms with Crippen molar-refractivity contribution in [2.75, 3.05) is 11.5 Å². The molecule has 0 aromatic carbocycles. The zero-order valence-corrected chi connectivity index (χ0v) is 12.9. The van der Waals surface area contributed by atoms with E-state index in [1.54, 1.807) is 0 Å². The monoisotopic (exact) mass is 272 g/mol. The summed E-state index contributed by atoms with van der Waals surface area (Å²) in [6, 6.07) is 0. The Morgan fingerprint density at radius 1 is 1.35 bits per heavy atom. The van der Waals surface area contributed by atoms with Crippen molar-refractivity contribution in [2.45, 2.75) is 44.7 Å². The highest BCUT2D eigenvalue weighted by Gasteiger charge is 2.27. The standard InChI is InChI=1S/C13H24N2S2/c1-4-6-13(10-16,7-5-2)11-17-12-14-8-9-15(12)3/h8-9,16H,4-7,10-11H2,1-3H3. The Balaban J connectivity index is 2.62. The maximum Gasteiger partial charge on any atom is 0.167 e. The van der Waals surface area contributed by atoms with Gasteiger partial charge in [-0.1, -0.05) is 38.5 Å². The maximum absolute atomic E-state index is 4.59. The second-order valence-electron chi connectivity index (χ2n) is 4.77. The predicted octanol–water partition coefficient (Wildman–Crippen LogP) is 4.03. The van der Waals surface area contributed by atoms with Gasteiger partial charge in [0, 0.05) is 25.2 Å². The van der Waals surface area contributed by atoms with Crippen LogP contribution in [0, 0.1) is 5.41 Å². The van der Waals surface area contributed by atoms with Gasteiger partial charge in [0.05, 0.1) is 0 Å². The van der Waals surface area contributed by atoms with Crippen LogP contribution in [0.1, 0.15) is 39.5 Å². The van der Waals surface area contributed by atoms with Crippen molar-refractivity contribution in [1.82, 2.24) is 9.55 Å². The molecule has 1 rings (SSSR count). The number of hydrogen-bond donors (Lipinski definition) is 1. The first-order valence-corrected chi connectivity index (χ1v) is 8.00. The van der Waals surface area contributed by atoms with E-state index >= 15 is 0 Å². The van der Waals surface area contributed by atoms with Gasteiger partial charge in [-0.15, -0.1) is 0 Å². The lowest BCUT2D eigenvalue weighted by atomic mass is 9.83. The molecule has 0 amide bonds. The molecule has 0 aliphatic carbocycles. The van der Waals surface area contributed by atoms with Gasteiger partial charge in [-0.05, 0) is 24.0 Å². The van der Waals surface area contributed by atoms with Gasteiger partial charge in [-0.2, -0.15) is 12.6 Å². The summed E-state index contributed by atoms with van der Waals surface area (Å²) in [4.78, 5) is 4.37. The lowest BCUT2D eigenvalue weighted by molar-refractivity contribution is 0.318. The van der Waals surface area contributed by atoms with Crippen molar-refractivity contribution in [2.24, 2.45) is 12.5 Å². The fourth-order valence-corrected chi connectivity index (χ4v) is 4.05. The Kier molecular flexibility index (Phi) is 6.49. The normalized spacial score (nSPS) is 12.0. The summed E-state index contributed by atoms with van der Waals surface area (Å²) in [5, 5.41) is 1.11. The Morgan fingerprint density at radius 3 is 2.41 bits per heavy atom. The fraction of sp³-hybridized carbons (Fsp3) is 0.769. The van der Waals surface area contributed by atoms with Crippen LogP contribution in [0.5, 0.6) is 0 Å². The molecule has 2 nitrogen and oxygen atoms in total. The van der Waals surface area contributed by atoms with E-state index in [2.05, 4.69) is 43.1 Å². The summed E-state index contributed by atoms with van der Waals surface area (Å²) in [5.74, 6) is 2.11. The van der Waals surface area contributed by atoms with Crippen molar-refractivity contribution in [3.05, 3.63) is 12.4 Å². The lowest BCUT2D eigenvalue weighted by Gasteiger charge is -2.31. The minimum Gasteiger partial charge on any atom is -0.329 e. The summed E-state index contributed by atoms with van der Waals surface area (Å²) < 4.78 is 2.09. The molecule has 0 bridgehead atoms.